The van der Waals surface area contributed by atoms with Crippen LogP contribution in [0.25, 0.3) is 12.2 Å². The fourth-order valence-corrected chi connectivity index (χ4v) is 8.46. The lowest BCUT2D eigenvalue weighted by Gasteiger charge is -2.35. The van der Waals surface area contributed by atoms with Crippen molar-refractivity contribution < 1.29 is 9.59 Å². The van der Waals surface area contributed by atoms with E-state index in [1.807, 2.05) is 11.1 Å². The number of H-pyrrole nitrogens is 1. The second kappa shape index (κ2) is 13.1. The standard InChI is InChI=1S/C24H22N2O.C23H20N2O/c25-23(27)22-21-13-14-24(18-7-3-1-4-8-18,19-9-5-2-6-10-19)15-17(21)16-26(22)20-11-12-20;26-22(25-13-14-25)21-20-11-12-23(15-17(20)16-24-21,18-7-3-1-4-8-18)19-9-5-2-6-10-19/h1-10,13-14,16,20H,11-12,15H2,(H2,25,27);1-12,16,24H,13-15H2. The van der Waals surface area contributed by atoms with E-state index in [0.29, 0.717) is 11.7 Å². The lowest BCUT2D eigenvalue weighted by Crippen LogP contribution is -2.30. The van der Waals surface area contributed by atoms with E-state index in [2.05, 4.69) is 161 Å². The van der Waals surface area contributed by atoms with E-state index in [9.17, 15) is 9.59 Å². The summed E-state index contributed by atoms with van der Waals surface area (Å²) < 4.78 is 2.11. The zero-order chi connectivity index (χ0) is 36.0. The molecule has 3 N–H and O–H groups in total. The van der Waals surface area contributed by atoms with Gasteiger partial charge in [-0.3, -0.25) is 9.59 Å². The van der Waals surface area contributed by atoms with Crippen LogP contribution in [0, 0.1) is 0 Å². The molecule has 53 heavy (non-hydrogen) atoms. The SMILES string of the molecule is NC(=O)c1c2c(cn1C1CC1)CC(c1ccccc1)(c1ccccc1)C=C2.O=C(c1[nH]cc2c1C=CC(c1ccccc1)(c1ccccc1)C2)N1CC1. The van der Waals surface area contributed by atoms with Crippen LogP contribution in [-0.2, 0) is 23.7 Å². The van der Waals surface area contributed by atoms with Crippen LogP contribution in [0.4, 0.5) is 0 Å². The number of benzene rings is 4. The zero-order valence-corrected chi connectivity index (χ0v) is 29.6. The molecular formula is C47H42N4O2. The molecular weight excluding hydrogens is 653 g/mol. The van der Waals surface area contributed by atoms with Gasteiger partial charge in [0.15, 0.2) is 0 Å². The number of hydrogen-bond donors (Lipinski definition) is 2. The number of fused-ring (bicyclic) bond motifs is 2. The fourth-order valence-electron chi connectivity index (χ4n) is 8.46. The van der Waals surface area contributed by atoms with Crippen LogP contribution in [0.3, 0.4) is 0 Å². The van der Waals surface area contributed by atoms with E-state index in [4.69, 9.17) is 5.73 Å². The van der Waals surface area contributed by atoms with E-state index in [1.54, 1.807) is 0 Å². The normalized spacial score (nSPS) is 17.2. The van der Waals surface area contributed by atoms with Gasteiger partial charge in [0.25, 0.3) is 11.8 Å². The number of allylic oxidation sites excluding steroid dienone is 2. The molecule has 262 valence electrons. The van der Waals surface area contributed by atoms with Crippen molar-refractivity contribution >= 4 is 24.0 Å². The number of carbonyl (C=O) groups excluding carboxylic acids is 2. The first-order valence-electron chi connectivity index (χ1n) is 18.6. The fraction of sp³-hybridized carbons (Fsp3) is 0.191. The molecule has 3 heterocycles. The van der Waals surface area contributed by atoms with Crippen molar-refractivity contribution in [1.29, 1.82) is 0 Å². The summed E-state index contributed by atoms with van der Waals surface area (Å²) >= 11 is 0. The molecule has 10 rings (SSSR count). The number of aromatic nitrogens is 2. The van der Waals surface area contributed by atoms with Crippen LogP contribution in [0.5, 0.6) is 0 Å². The third-order valence-electron chi connectivity index (χ3n) is 11.4. The summed E-state index contributed by atoms with van der Waals surface area (Å²) in [6, 6.07) is 42.9. The van der Waals surface area contributed by atoms with Crippen molar-refractivity contribution in [3.05, 3.63) is 202 Å². The Morgan fingerprint density at radius 2 is 1.08 bits per heavy atom. The minimum atomic E-state index is -0.334. The first-order valence-corrected chi connectivity index (χ1v) is 18.6. The van der Waals surface area contributed by atoms with Crippen molar-refractivity contribution in [1.82, 2.24) is 14.5 Å². The van der Waals surface area contributed by atoms with Crippen LogP contribution < -0.4 is 5.73 Å². The van der Waals surface area contributed by atoms with E-state index < -0.39 is 0 Å². The highest BCUT2D eigenvalue weighted by Crippen LogP contribution is 2.46. The molecule has 3 aliphatic carbocycles. The summed E-state index contributed by atoms with van der Waals surface area (Å²) in [6.45, 7) is 1.74. The Bertz CT molecular complexity index is 2270. The smallest absolute Gasteiger partial charge is 0.271 e. The average Bonchev–Trinajstić information content (AvgIpc) is 4.16. The first-order chi connectivity index (χ1) is 26.0. The van der Waals surface area contributed by atoms with Crippen LogP contribution in [0.2, 0.25) is 0 Å². The molecule has 4 aliphatic rings. The number of carbonyl (C=O) groups is 2. The lowest BCUT2D eigenvalue weighted by atomic mass is 9.68. The van der Waals surface area contributed by atoms with Gasteiger partial charge in [0.1, 0.15) is 11.4 Å². The third kappa shape index (κ3) is 5.84. The van der Waals surface area contributed by atoms with Gasteiger partial charge in [0, 0.05) is 53.5 Å². The van der Waals surface area contributed by atoms with Gasteiger partial charge in [-0.25, -0.2) is 0 Å². The monoisotopic (exact) mass is 694 g/mol. The van der Waals surface area contributed by atoms with E-state index in [0.717, 1.165) is 55.6 Å². The van der Waals surface area contributed by atoms with E-state index >= 15 is 0 Å². The van der Waals surface area contributed by atoms with Gasteiger partial charge in [0.05, 0.1) is 0 Å². The van der Waals surface area contributed by atoms with Crippen LogP contribution in [0.15, 0.2) is 146 Å². The molecule has 6 aromatic rings. The summed E-state index contributed by atoms with van der Waals surface area (Å²) in [5, 5.41) is 0. The molecule has 6 heteroatoms. The molecule has 0 bridgehead atoms. The Morgan fingerprint density at radius 3 is 1.51 bits per heavy atom. The van der Waals surface area contributed by atoms with Crippen LogP contribution >= 0.6 is 0 Å². The van der Waals surface area contributed by atoms with Gasteiger partial charge in [0.2, 0.25) is 0 Å². The van der Waals surface area contributed by atoms with Gasteiger partial charge >= 0.3 is 0 Å². The number of nitrogens with one attached hydrogen (secondary N) is 1. The molecule has 0 unspecified atom stereocenters. The molecule has 4 aromatic carbocycles. The van der Waals surface area contributed by atoms with Gasteiger partial charge in [-0.1, -0.05) is 146 Å². The Balaban J connectivity index is 0.000000141. The number of amides is 2. The van der Waals surface area contributed by atoms with E-state index in [-0.39, 0.29) is 22.6 Å². The minimum absolute atomic E-state index is 0.114. The maximum Gasteiger partial charge on any atom is 0.271 e. The maximum absolute atomic E-state index is 12.5. The molecule has 1 saturated heterocycles. The molecule has 2 amide bonds. The number of nitrogens with two attached hydrogens (primary N) is 1. The van der Waals surface area contributed by atoms with Crippen molar-refractivity contribution in [3.8, 4) is 0 Å². The van der Waals surface area contributed by atoms with Crippen molar-refractivity contribution in [2.75, 3.05) is 13.1 Å². The van der Waals surface area contributed by atoms with Crippen LogP contribution in [0.1, 0.15) is 84.4 Å². The van der Waals surface area contributed by atoms with Crippen molar-refractivity contribution in [2.24, 2.45) is 5.73 Å². The highest BCUT2D eigenvalue weighted by molar-refractivity contribution is 5.98. The number of rotatable bonds is 7. The molecule has 2 fully saturated rings. The molecule has 1 saturated carbocycles. The van der Waals surface area contributed by atoms with Gasteiger partial charge in [-0.2, -0.15) is 0 Å². The van der Waals surface area contributed by atoms with Crippen molar-refractivity contribution in [2.45, 2.75) is 42.6 Å². The highest BCUT2D eigenvalue weighted by Gasteiger charge is 2.39. The van der Waals surface area contributed by atoms with Gasteiger partial charge in [-0.15, -0.1) is 0 Å². The second-order valence-electron chi connectivity index (χ2n) is 14.7. The molecule has 0 spiro atoms. The predicted octanol–water partition coefficient (Wildman–Crippen LogP) is 8.50. The molecule has 1 aliphatic heterocycles. The number of aromatic amines is 1. The largest absolute Gasteiger partial charge is 0.364 e. The second-order valence-corrected chi connectivity index (χ2v) is 14.7. The zero-order valence-electron chi connectivity index (χ0n) is 29.6. The summed E-state index contributed by atoms with van der Waals surface area (Å²) in [5.74, 6) is -0.220. The quantitative estimate of drug-likeness (QED) is 0.164. The van der Waals surface area contributed by atoms with E-state index in [1.165, 1.54) is 33.4 Å². The average molecular weight is 695 g/mol. The number of nitrogens with zero attached hydrogens (tertiary/aromatic N) is 2. The first kappa shape index (κ1) is 32.7. The van der Waals surface area contributed by atoms with Gasteiger partial charge < -0.3 is 20.2 Å². The molecule has 0 atom stereocenters. The summed E-state index contributed by atoms with van der Waals surface area (Å²) in [5.41, 5.74) is 16.2. The summed E-state index contributed by atoms with van der Waals surface area (Å²) in [4.78, 5) is 29.8. The topological polar surface area (TPSA) is 83.9 Å². The summed E-state index contributed by atoms with van der Waals surface area (Å²) in [6.07, 6.45) is 16.9. The summed E-state index contributed by atoms with van der Waals surface area (Å²) in [7, 11) is 0. The lowest BCUT2D eigenvalue weighted by molar-refractivity contribution is 0.0880. The predicted molar refractivity (Wildman–Crippen MR) is 211 cm³/mol. The van der Waals surface area contributed by atoms with Crippen molar-refractivity contribution in [3.63, 3.8) is 0 Å². The van der Waals surface area contributed by atoms with Crippen LogP contribution in [-0.4, -0.2) is 39.4 Å². The maximum atomic E-state index is 12.5. The minimum Gasteiger partial charge on any atom is -0.364 e. The Morgan fingerprint density at radius 1 is 0.623 bits per heavy atom. The molecule has 6 nitrogen and oxygen atoms in total. The number of hydrogen-bond acceptors (Lipinski definition) is 2. The molecule has 0 radical (unpaired) electrons. The third-order valence-corrected chi connectivity index (χ3v) is 11.4. The Kier molecular flexibility index (Phi) is 8.11. The molecule has 2 aromatic heterocycles. The highest BCUT2D eigenvalue weighted by atomic mass is 16.2. The Hall–Kier alpha value is -6.14. The van der Waals surface area contributed by atoms with Gasteiger partial charge in [-0.05, 0) is 59.1 Å². The Labute approximate surface area is 310 Å². The number of primary amides is 1.